The van der Waals surface area contributed by atoms with Crippen LogP contribution in [0.2, 0.25) is 0 Å². The quantitative estimate of drug-likeness (QED) is 0.442. The molecule has 0 radical (unpaired) electrons. The van der Waals surface area contributed by atoms with Gasteiger partial charge in [-0.25, -0.2) is 4.79 Å². The van der Waals surface area contributed by atoms with Crippen LogP contribution in [0, 0.1) is 5.92 Å². The molecule has 1 heterocycles. The smallest absolute Gasteiger partial charge is 0.337 e. The van der Waals surface area contributed by atoms with Crippen molar-refractivity contribution in [1.82, 2.24) is 0 Å². The molecule has 4 heteroatoms. The number of carbonyl (C=O) groups is 1. The van der Waals surface area contributed by atoms with E-state index in [-0.39, 0.29) is 18.0 Å². The van der Waals surface area contributed by atoms with E-state index in [2.05, 4.69) is 22.6 Å². The van der Waals surface area contributed by atoms with Crippen molar-refractivity contribution in [2.45, 2.75) is 43.1 Å². The molecule has 2 aliphatic rings. The molecule has 0 amide bonds. The van der Waals surface area contributed by atoms with Crippen LogP contribution in [-0.4, -0.2) is 22.6 Å². The highest BCUT2D eigenvalue weighted by atomic mass is 127. The molecular weight excluding hydrogens is 319 g/mol. The van der Waals surface area contributed by atoms with Crippen LogP contribution in [0.1, 0.15) is 33.1 Å². The molecule has 2 rings (SSSR count). The maximum absolute atomic E-state index is 11.9. The van der Waals surface area contributed by atoms with E-state index in [0.29, 0.717) is 10.5 Å². The third-order valence-electron chi connectivity index (χ3n) is 3.31. The SMILES string of the molecule is CCOC(=O)C1=C(C)O[C@H]2[C@@H]1CCC[C@@H]2I. The Morgan fingerprint density at radius 1 is 1.56 bits per heavy atom. The van der Waals surface area contributed by atoms with Gasteiger partial charge in [-0.1, -0.05) is 29.0 Å². The van der Waals surface area contributed by atoms with Crippen LogP contribution in [0.4, 0.5) is 0 Å². The standard InChI is InChI=1S/C12H17IO3/c1-3-15-12(14)10-7(2)16-11-8(10)5-4-6-9(11)13/h8-9,11H,3-6H2,1-2H3/t8-,9+,11+/m1/s1. The zero-order chi connectivity index (χ0) is 11.7. The summed E-state index contributed by atoms with van der Waals surface area (Å²) in [5.74, 6) is 0.852. The highest BCUT2D eigenvalue weighted by Crippen LogP contribution is 2.43. The van der Waals surface area contributed by atoms with Crippen LogP contribution in [0.25, 0.3) is 0 Å². The molecule has 90 valence electrons. The van der Waals surface area contributed by atoms with Gasteiger partial charge in [0.1, 0.15) is 11.9 Å². The van der Waals surface area contributed by atoms with E-state index in [4.69, 9.17) is 9.47 Å². The average Bonchev–Trinajstić information content (AvgIpc) is 2.56. The zero-order valence-corrected chi connectivity index (χ0v) is 11.8. The molecule has 0 N–H and O–H groups in total. The summed E-state index contributed by atoms with van der Waals surface area (Å²) in [7, 11) is 0. The number of hydrogen-bond acceptors (Lipinski definition) is 3. The minimum Gasteiger partial charge on any atom is -0.493 e. The maximum Gasteiger partial charge on any atom is 0.337 e. The molecule has 1 saturated carbocycles. The Balaban J connectivity index is 2.18. The summed E-state index contributed by atoms with van der Waals surface area (Å²) in [5, 5.41) is 0. The predicted molar refractivity (Wildman–Crippen MR) is 69.4 cm³/mol. The van der Waals surface area contributed by atoms with E-state index in [9.17, 15) is 4.79 Å². The van der Waals surface area contributed by atoms with Gasteiger partial charge in [-0.2, -0.15) is 0 Å². The molecule has 0 aromatic heterocycles. The second-order valence-electron chi connectivity index (χ2n) is 4.33. The first-order valence-electron chi connectivity index (χ1n) is 5.83. The highest BCUT2D eigenvalue weighted by molar-refractivity contribution is 14.1. The van der Waals surface area contributed by atoms with Crippen molar-refractivity contribution in [3.63, 3.8) is 0 Å². The lowest BCUT2D eigenvalue weighted by Crippen LogP contribution is -2.34. The van der Waals surface area contributed by atoms with Gasteiger partial charge in [0.05, 0.1) is 12.2 Å². The minimum absolute atomic E-state index is 0.182. The Labute approximate surface area is 110 Å². The normalized spacial score (nSPS) is 33.3. The van der Waals surface area contributed by atoms with Crippen LogP contribution in [0.5, 0.6) is 0 Å². The number of carbonyl (C=O) groups excluding carboxylic acids is 1. The Kier molecular flexibility index (Phi) is 3.77. The summed E-state index contributed by atoms with van der Waals surface area (Å²) in [6, 6.07) is 0. The topological polar surface area (TPSA) is 35.5 Å². The Hall–Kier alpha value is -0.260. The van der Waals surface area contributed by atoms with Crippen LogP contribution < -0.4 is 0 Å². The van der Waals surface area contributed by atoms with Gasteiger partial charge in [-0.3, -0.25) is 0 Å². The molecule has 16 heavy (non-hydrogen) atoms. The largest absolute Gasteiger partial charge is 0.493 e. The van der Waals surface area contributed by atoms with Crippen molar-refractivity contribution in [2.75, 3.05) is 6.61 Å². The number of esters is 1. The van der Waals surface area contributed by atoms with Gasteiger partial charge >= 0.3 is 5.97 Å². The number of ether oxygens (including phenoxy) is 2. The maximum atomic E-state index is 11.9. The molecule has 0 saturated heterocycles. The Morgan fingerprint density at radius 3 is 3.00 bits per heavy atom. The summed E-state index contributed by atoms with van der Waals surface area (Å²) in [5.41, 5.74) is 0.785. The number of halogens is 1. The fourth-order valence-corrected chi connectivity index (χ4v) is 3.70. The highest BCUT2D eigenvalue weighted by Gasteiger charge is 2.44. The van der Waals surface area contributed by atoms with Gasteiger partial charge in [0, 0.05) is 9.84 Å². The first kappa shape index (κ1) is 12.2. The fourth-order valence-electron chi connectivity index (χ4n) is 2.61. The lowest BCUT2D eigenvalue weighted by molar-refractivity contribution is -0.139. The lowest BCUT2D eigenvalue weighted by Gasteiger charge is -2.30. The Morgan fingerprint density at radius 2 is 2.31 bits per heavy atom. The minimum atomic E-state index is -0.182. The molecular formula is C12H17IO3. The van der Waals surface area contributed by atoms with Crippen LogP contribution in [-0.2, 0) is 14.3 Å². The van der Waals surface area contributed by atoms with Gasteiger partial charge in [-0.15, -0.1) is 0 Å². The van der Waals surface area contributed by atoms with E-state index in [1.165, 1.54) is 12.8 Å². The van der Waals surface area contributed by atoms with E-state index in [1.54, 1.807) is 0 Å². The van der Waals surface area contributed by atoms with Gasteiger partial charge in [-0.05, 0) is 26.7 Å². The lowest BCUT2D eigenvalue weighted by atomic mass is 9.82. The summed E-state index contributed by atoms with van der Waals surface area (Å²) in [4.78, 5) is 11.9. The fraction of sp³-hybridized carbons (Fsp3) is 0.750. The predicted octanol–water partition coefficient (Wildman–Crippen LogP) is 2.83. The number of alkyl halides is 1. The molecule has 1 aliphatic heterocycles. The second kappa shape index (κ2) is 4.94. The van der Waals surface area contributed by atoms with Gasteiger partial charge in [0.2, 0.25) is 0 Å². The van der Waals surface area contributed by atoms with Crippen molar-refractivity contribution in [3.8, 4) is 0 Å². The van der Waals surface area contributed by atoms with Crippen LogP contribution in [0.15, 0.2) is 11.3 Å². The van der Waals surface area contributed by atoms with Crippen molar-refractivity contribution in [2.24, 2.45) is 5.92 Å². The number of allylic oxidation sites excluding steroid dienone is 1. The number of fused-ring (bicyclic) bond motifs is 1. The molecule has 0 unspecified atom stereocenters. The van der Waals surface area contributed by atoms with Crippen LogP contribution in [0.3, 0.4) is 0 Å². The summed E-state index contributed by atoms with van der Waals surface area (Å²) < 4.78 is 11.4. The molecule has 0 bridgehead atoms. The first-order chi connectivity index (χ1) is 7.65. The first-order valence-corrected chi connectivity index (χ1v) is 7.08. The van der Waals surface area contributed by atoms with Crippen LogP contribution >= 0.6 is 22.6 Å². The monoisotopic (exact) mass is 336 g/mol. The molecule has 0 spiro atoms. The van der Waals surface area contributed by atoms with Crippen molar-refractivity contribution >= 4 is 28.6 Å². The molecule has 3 nitrogen and oxygen atoms in total. The van der Waals surface area contributed by atoms with E-state index >= 15 is 0 Å². The van der Waals surface area contributed by atoms with Crippen molar-refractivity contribution in [1.29, 1.82) is 0 Å². The van der Waals surface area contributed by atoms with Gasteiger partial charge in [0.25, 0.3) is 0 Å². The summed E-state index contributed by atoms with van der Waals surface area (Å²) >= 11 is 2.44. The zero-order valence-electron chi connectivity index (χ0n) is 9.66. The molecule has 0 aromatic rings. The average molecular weight is 336 g/mol. The van der Waals surface area contributed by atoms with Gasteiger partial charge in [0.15, 0.2) is 0 Å². The number of hydrogen-bond donors (Lipinski definition) is 0. The summed E-state index contributed by atoms with van der Waals surface area (Å²) in [6.45, 7) is 4.15. The molecule has 3 atom stereocenters. The summed E-state index contributed by atoms with van der Waals surface area (Å²) in [6.07, 6.45) is 3.60. The molecule has 1 aliphatic carbocycles. The van der Waals surface area contributed by atoms with Gasteiger partial charge < -0.3 is 9.47 Å². The van der Waals surface area contributed by atoms with Crippen molar-refractivity contribution < 1.29 is 14.3 Å². The Bertz CT molecular complexity index is 324. The molecule has 1 fully saturated rings. The number of rotatable bonds is 2. The van der Waals surface area contributed by atoms with Crippen molar-refractivity contribution in [3.05, 3.63) is 11.3 Å². The molecule has 0 aromatic carbocycles. The van der Waals surface area contributed by atoms with E-state index in [0.717, 1.165) is 17.8 Å². The van der Waals surface area contributed by atoms with E-state index < -0.39 is 0 Å². The third kappa shape index (κ3) is 2.08. The second-order valence-corrected chi connectivity index (χ2v) is 5.93. The third-order valence-corrected chi connectivity index (χ3v) is 4.64. The van der Waals surface area contributed by atoms with E-state index in [1.807, 2.05) is 13.8 Å².